The number of hydrogen-bond donors (Lipinski definition) is 0. The first kappa shape index (κ1) is 16.2. The first-order chi connectivity index (χ1) is 9.19. The second-order valence-corrected chi connectivity index (χ2v) is 5.35. The quantitative estimate of drug-likeness (QED) is 0.503. The molecule has 0 atom stereocenters. The molecule has 0 N–H and O–H groups in total. The Kier molecular flexibility index (Phi) is 7.80. The van der Waals surface area contributed by atoms with Gasteiger partial charge in [-0.25, -0.2) is 4.98 Å². The van der Waals surface area contributed by atoms with Gasteiger partial charge in [-0.1, -0.05) is 64.0 Å². The van der Waals surface area contributed by atoms with Crippen LogP contribution in [0.4, 0.5) is 0 Å². The number of rotatable bonds is 9. The van der Waals surface area contributed by atoms with Crippen molar-refractivity contribution in [2.75, 3.05) is 0 Å². The first-order valence-corrected chi connectivity index (χ1v) is 7.83. The highest BCUT2D eigenvalue weighted by Crippen LogP contribution is 2.09. The minimum Gasteiger partial charge on any atom is -0.297 e. The van der Waals surface area contributed by atoms with Crippen LogP contribution in [-0.4, -0.2) is 9.55 Å². The minimum atomic E-state index is -0.0252. The van der Waals surface area contributed by atoms with Gasteiger partial charge in [-0.2, -0.15) is 0 Å². The summed E-state index contributed by atoms with van der Waals surface area (Å²) in [5.41, 5.74) is -0.0252. The summed E-state index contributed by atoms with van der Waals surface area (Å²) in [6.07, 6.45) is 9.49. The van der Waals surface area contributed by atoms with Gasteiger partial charge >= 0.3 is 0 Å². The molecule has 19 heavy (non-hydrogen) atoms. The summed E-state index contributed by atoms with van der Waals surface area (Å²) >= 11 is 5.81. The average Bonchev–Trinajstić information content (AvgIpc) is 2.39. The Bertz CT molecular complexity index is 429. The minimum absolute atomic E-state index is 0.0252. The van der Waals surface area contributed by atoms with E-state index in [1.807, 2.05) is 6.92 Å². The maximum atomic E-state index is 11.9. The Morgan fingerprint density at radius 2 is 1.74 bits per heavy atom. The molecule has 0 unspecified atom stereocenters. The smallest absolute Gasteiger partial charge is 0.254 e. The third-order valence-electron chi connectivity index (χ3n) is 3.36. The number of aromatic nitrogens is 2. The van der Waals surface area contributed by atoms with Gasteiger partial charge in [-0.05, 0) is 6.42 Å². The Labute approximate surface area is 121 Å². The third-order valence-corrected chi connectivity index (χ3v) is 3.55. The Morgan fingerprint density at radius 1 is 1.11 bits per heavy atom. The van der Waals surface area contributed by atoms with E-state index in [-0.39, 0.29) is 5.56 Å². The molecule has 0 radical (unpaired) electrons. The highest BCUT2D eigenvalue weighted by atomic mass is 35.5. The highest BCUT2D eigenvalue weighted by Gasteiger charge is 2.05. The molecule has 1 rings (SSSR count). The topological polar surface area (TPSA) is 34.9 Å². The Balaban J connectivity index is 2.39. The summed E-state index contributed by atoms with van der Waals surface area (Å²) in [4.78, 5) is 16.1. The molecule has 0 aromatic carbocycles. The monoisotopic (exact) mass is 284 g/mol. The molecular weight excluding hydrogens is 260 g/mol. The van der Waals surface area contributed by atoms with Crippen LogP contribution < -0.4 is 5.56 Å². The van der Waals surface area contributed by atoms with E-state index >= 15 is 0 Å². The number of hydrogen-bond acceptors (Lipinski definition) is 2. The van der Waals surface area contributed by atoms with Gasteiger partial charge in [0.2, 0.25) is 0 Å². The summed E-state index contributed by atoms with van der Waals surface area (Å²) in [7, 11) is 0. The van der Waals surface area contributed by atoms with E-state index in [1.54, 1.807) is 4.57 Å². The van der Waals surface area contributed by atoms with Crippen LogP contribution in [0.2, 0.25) is 5.15 Å². The van der Waals surface area contributed by atoms with E-state index in [4.69, 9.17) is 11.6 Å². The molecule has 0 aliphatic carbocycles. The molecule has 1 aromatic rings. The van der Waals surface area contributed by atoms with E-state index in [1.165, 1.54) is 44.6 Å². The van der Waals surface area contributed by atoms with Crippen molar-refractivity contribution in [1.29, 1.82) is 0 Å². The first-order valence-electron chi connectivity index (χ1n) is 7.45. The van der Waals surface area contributed by atoms with E-state index in [2.05, 4.69) is 11.9 Å². The highest BCUT2D eigenvalue weighted by molar-refractivity contribution is 6.29. The number of aryl methyl sites for hydroxylation is 1. The van der Waals surface area contributed by atoms with E-state index in [0.717, 1.165) is 25.2 Å². The lowest BCUT2D eigenvalue weighted by molar-refractivity contribution is 0.526. The SMILES string of the molecule is CCCCCCCCCn1c(CC)nc(Cl)cc1=O. The van der Waals surface area contributed by atoms with Gasteiger partial charge in [-0.3, -0.25) is 9.36 Å². The van der Waals surface area contributed by atoms with Gasteiger partial charge in [-0.15, -0.1) is 0 Å². The molecule has 0 fully saturated rings. The summed E-state index contributed by atoms with van der Waals surface area (Å²) < 4.78 is 1.76. The summed E-state index contributed by atoms with van der Waals surface area (Å²) in [6.45, 7) is 4.99. The molecular formula is C15H25ClN2O. The lowest BCUT2D eigenvalue weighted by Gasteiger charge is -2.10. The molecule has 0 aliphatic rings. The van der Waals surface area contributed by atoms with Crippen LogP contribution in [0, 0.1) is 0 Å². The fourth-order valence-corrected chi connectivity index (χ4v) is 2.45. The molecule has 0 amide bonds. The fourth-order valence-electron chi connectivity index (χ4n) is 2.26. The lowest BCUT2D eigenvalue weighted by atomic mass is 10.1. The van der Waals surface area contributed by atoms with Crippen molar-refractivity contribution in [2.45, 2.75) is 71.8 Å². The zero-order valence-corrected chi connectivity index (χ0v) is 12.9. The summed E-state index contributed by atoms with van der Waals surface area (Å²) in [5.74, 6) is 0.795. The van der Waals surface area contributed by atoms with Crippen molar-refractivity contribution in [3.63, 3.8) is 0 Å². The zero-order chi connectivity index (χ0) is 14.1. The largest absolute Gasteiger partial charge is 0.297 e. The maximum Gasteiger partial charge on any atom is 0.254 e. The van der Waals surface area contributed by atoms with Crippen LogP contribution in [0.3, 0.4) is 0 Å². The van der Waals surface area contributed by atoms with Gasteiger partial charge in [0.05, 0.1) is 0 Å². The zero-order valence-electron chi connectivity index (χ0n) is 12.1. The molecule has 0 bridgehead atoms. The van der Waals surface area contributed by atoms with Crippen LogP contribution in [-0.2, 0) is 13.0 Å². The van der Waals surface area contributed by atoms with Crippen molar-refractivity contribution in [2.24, 2.45) is 0 Å². The van der Waals surface area contributed by atoms with Crippen LogP contribution in [0.5, 0.6) is 0 Å². The standard InChI is InChI=1S/C15H25ClN2O/c1-3-5-6-7-8-9-10-11-18-14(4-2)17-13(16)12-15(18)19/h12H,3-11H2,1-2H3. The van der Waals surface area contributed by atoms with Crippen molar-refractivity contribution < 1.29 is 0 Å². The lowest BCUT2D eigenvalue weighted by Crippen LogP contribution is -2.24. The van der Waals surface area contributed by atoms with Gasteiger partial charge < -0.3 is 0 Å². The summed E-state index contributed by atoms with van der Waals surface area (Å²) in [5, 5.41) is 0.303. The Hall–Kier alpha value is -0.830. The van der Waals surface area contributed by atoms with Gasteiger partial charge in [0.15, 0.2) is 0 Å². The van der Waals surface area contributed by atoms with Gasteiger partial charge in [0.25, 0.3) is 5.56 Å². The van der Waals surface area contributed by atoms with Crippen molar-refractivity contribution in [1.82, 2.24) is 9.55 Å². The van der Waals surface area contributed by atoms with E-state index in [0.29, 0.717) is 5.15 Å². The Morgan fingerprint density at radius 3 is 2.37 bits per heavy atom. The second kappa shape index (κ2) is 9.13. The number of halogens is 1. The molecule has 0 saturated heterocycles. The fraction of sp³-hybridized carbons (Fsp3) is 0.733. The van der Waals surface area contributed by atoms with Crippen LogP contribution in [0.25, 0.3) is 0 Å². The van der Waals surface area contributed by atoms with E-state index < -0.39 is 0 Å². The molecule has 1 heterocycles. The van der Waals surface area contributed by atoms with E-state index in [9.17, 15) is 4.79 Å². The number of nitrogens with zero attached hydrogens (tertiary/aromatic N) is 2. The van der Waals surface area contributed by atoms with Crippen LogP contribution in [0.15, 0.2) is 10.9 Å². The normalized spacial score (nSPS) is 10.9. The number of unbranched alkanes of at least 4 members (excludes halogenated alkanes) is 6. The predicted octanol–water partition coefficient (Wildman–Crippen LogP) is 4.21. The molecule has 3 nitrogen and oxygen atoms in total. The van der Waals surface area contributed by atoms with Gasteiger partial charge in [0, 0.05) is 19.0 Å². The predicted molar refractivity (Wildman–Crippen MR) is 80.9 cm³/mol. The van der Waals surface area contributed by atoms with Crippen molar-refractivity contribution in [3.05, 3.63) is 27.4 Å². The van der Waals surface area contributed by atoms with Crippen LogP contribution in [0.1, 0.15) is 64.6 Å². The van der Waals surface area contributed by atoms with Crippen LogP contribution >= 0.6 is 11.6 Å². The molecule has 0 aliphatic heterocycles. The summed E-state index contributed by atoms with van der Waals surface area (Å²) in [6, 6.07) is 1.40. The molecule has 0 saturated carbocycles. The molecule has 0 spiro atoms. The maximum absolute atomic E-state index is 11.9. The molecule has 4 heteroatoms. The molecule has 108 valence electrons. The van der Waals surface area contributed by atoms with Gasteiger partial charge in [0.1, 0.15) is 11.0 Å². The molecule has 1 aromatic heterocycles. The van der Waals surface area contributed by atoms with Crippen molar-refractivity contribution in [3.8, 4) is 0 Å². The third kappa shape index (κ3) is 5.77. The van der Waals surface area contributed by atoms with Crippen molar-refractivity contribution >= 4 is 11.6 Å². The average molecular weight is 285 g/mol. The second-order valence-electron chi connectivity index (χ2n) is 4.96.